The number of rotatable bonds is 1. The lowest BCUT2D eigenvalue weighted by Gasteiger charge is -2.34. The van der Waals surface area contributed by atoms with Crippen molar-refractivity contribution in [3.8, 4) is 11.5 Å². The van der Waals surface area contributed by atoms with Gasteiger partial charge in [0, 0.05) is 5.56 Å². The molecule has 4 N–H and O–H groups in total. The highest BCUT2D eigenvalue weighted by Gasteiger charge is 2.36. The third-order valence-corrected chi connectivity index (χ3v) is 4.00. The van der Waals surface area contributed by atoms with E-state index in [0.29, 0.717) is 6.54 Å². The van der Waals surface area contributed by atoms with Gasteiger partial charge >= 0.3 is 0 Å². The molecule has 0 bridgehead atoms. The molecule has 21 heavy (non-hydrogen) atoms. The minimum absolute atomic E-state index is 0. The summed E-state index contributed by atoms with van der Waals surface area (Å²) in [7, 11) is 2.00. The van der Waals surface area contributed by atoms with Gasteiger partial charge in [0.05, 0.1) is 12.6 Å². The first-order valence-corrected chi connectivity index (χ1v) is 6.69. The molecular formula is C16H18ClNO3. The van der Waals surface area contributed by atoms with E-state index in [1.165, 1.54) is 0 Å². The smallest absolute Gasteiger partial charge is 0.143 e. The molecule has 0 fully saturated rings. The van der Waals surface area contributed by atoms with E-state index in [0.717, 1.165) is 21.6 Å². The average Bonchev–Trinajstić information content (AvgIpc) is 2.41. The number of aliphatic hydroxyl groups excluding tert-OH is 1. The summed E-state index contributed by atoms with van der Waals surface area (Å²) < 4.78 is 0. The summed E-state index contributed by atoms with van der Waals surface area (Å²) in [6.07, 6.45) is -0.598. The quantitative estimate of drug-likeness (QED) is 0.481. The normalized spacial score (nSPS) is 24.0. The predicted molar refractivity (Wildman–Crippen MR) is 74.8 cm³/mol. The number of quaternary nitrogens is 1. The van der Waals surface area contributed by atoms with Crippen molar-refractivity contribution < 1.29 is 32.6 Å². The molecule has 0 aliphatic carbocycles. The number of para-hydroxylation sites is 1. The highest BCUT2D eigenvalue weighted by atomic mass is 35.5. The van der Waals surface area contributed by atoms with Crippen molar-refractivity contribution in [1.82, 2.24) is 0 Å². The number of fused-ring (bicyclic) bond motifs is 1. The number of aliphatic hydroxyl groups is 1. The SMILES string of the molecule is C[NH+]1CC(O)c2cc(O)ccc2C1c1ccccc1O.[Cl-]. The zero-order valence-electron chi connectivity index (χ0n) is 11.6. The number of aromatic hydroxyl groups is 2. The van der Waals surface area contributed by atoms with Crippen molar-refractivity contribution in [2.45, 2.75) is 12.1 Å². The van der Waals surface area contributed by atoms with Gasteiger partial charge in [-0.2, -0.15) is 0 Å². The first-order valence-electron chi connectivity index (χ1n) is 6.69. The molecular weight excluding hydrogens is 290 g/mol. The number of phenolic OH excluding ortho intramolecular Hbond substituents is 2. The Bertz CT molecular complexity index is 647. The van der Waals surface area contributed by atoms with Gasteiger partial charge < -0.3 is 32.6 Å². The number of hydrogen-bond donors (Lipinski definition) is 4. The molecule has 0 saturated heterocycles. The summed E-state index contributed by atoms with van der Waals surface area (Å²) in [6, 6.07) is 12.3. The van der Waals surface area contributed by atoms with Gasteiger partial charge in [0.1, 0.15) is 30.2 Å². The third-order valence-electron chi connectivity index (χ3n) is 4.00. The van der Waals surface area contributed by atoms with Crippen molar-refractivity contribution in [3.63, 3.8) is 0 Å². The summed E-state index contributed by atoms with van der Waals surface area (Å²) in [4.78, 5) is 1.11. The fraction of sp³-hybridized carbons (Fsp3) is 0.250. The van der Waals surface area contributed by atoms with Crippen LogP contribution in [0.3, 0.4) is 0 Å². The van der Waals surface area contributed by atoms with Crippen molar-refractivity contribution in [3.05, 3.63) is 59.2 Å². The van der Waals surface area contributed by atoms with Crippen LogP contribution in [0, 0.1) is 0 Å². The number of hydrogen-bond acceptors (Lipinski definition) is 3. The van der Waals surface area contributed by atoms with Gasteiger partial charge in [0.15, 0.2) is 0 Å². The summed E-state index contributed by atoms with van der Waals surface area (Å²) in [5.41, 5.74) is 2.52. The molecule has 1 heterocycles. The summed E-state index contributed by atoms with van der Waals surface area (Å²) in [6.45, 7) is 0.537. The Balaban J connectivity index is 0.00000161. The molecule has 1 aliphatic rings. The zero-order valence-corrected chi connectivity index (χ0v) is 12.4. The molecule has 0 amide bonds. The Labute approximate surface area is 129 Å². The van der Waals surface area contributed by atoms with E-state index in [-0.39, 0.29) is 29.9 Å². The maximum Gasteiger partial charge on any atom is 0.143 e. The van der Waals surface area contributed by atoms with Gasteiger partial charge in [-0.3, -0.25) is 0 Å². The minimum Gasteiger partial charge on any atom is -1.00 e. The number of likely N-dealkylation sites (N-methyl/N-ethyl adjacent to an activating group) is 1. The number of phenols is 2. The van der Waals surface area contributed by atoms with Crippen molar-refractivity contribution in [2.24, 2.45) is 0 Å². The monoisotopic (exact) mass is 307 g/mol. The molecule has 2 aromatic rings. The van der Waals surface area contributed by atoms with E-state index in [2.05, 4.69) is 0 Å². The second-order valence-electron chi connectivity index (χ2n) is 5.37. The molecule has 0 saturated carbocycles. The Morgan fingerprint density at radius 3 is 2.43 bits per heavy atom. The van der Waals surface area contributed by atoms with Crippen LogP contribution < -0.4 is 17.3 Å². The van der Waals surface area contributed by atoms with Gasteiger partial charge in [-0.25, -0.2) is 0 Å². The molecule has 1 aliphatic heterocycles. The maximum atomic E-state index is 10.2. The zero-order chi connectivity index (χ0) is 14.3. The maximum absolute atomic E-state index is 10.2. The van der Waals surface area contributed by atoms with Crippen LogP contribution in [0.25, 0.3) is 0 Å². The first kappa shape index (κ1) is 15.6. The van der Waals surface area contributed by atoms with Gasteiger partial charge in [-0.05, 0) is 35.9 Å². The summed E-state index contributed by atoms with van der Waals surface area (Å²) in [5.74, 6) is 0.408. The van der Waals surface area contributed by atoms with E-state index < -0.39 is 6.10 Å². The fourth-order valence-corrected chi connectivity index (χ4v) is 3.08. The van der Waals surface area contributed by atoms with Crippen LogP contribution >= 0.6 is 0 Å². The molecule has 3 rings (SSSR count). The van der Waals surface area contributed by atoms with E-state index >= 15 is 0 Å². The lowest BCUT2D eigenvalue weighted by atomic mass is 9.86. The standard InChI is InChI=1S/C16H17NO3.ClH/c1-17-9-15(20)13-8-10(18)6-7-11(13)16(17)12-4-2-3-5-14(12)19;/h2-8,15-16,18-20H,9H2,1H3;1H. The summed E-state index contributed by atoms with van der Waals surface area (Å²) in [5, 5.41) is 29.9. The highest BCUT2D eigenvalue weighted by molar-refractivity contribution is 5.45. The molecule has 0 radical (unpaired) electrons. The van der Waals surface area contributed by atoms with Crippen LogP contribution in [-0.4, -0.2) is 28.9 Å². The van der Waals surface area contributed by atoms with Crippen molar-refractivity contribution >= 4 is 0 Å². The molecule has 2 aromatic carbocycles. The lowest BCUT2D eigenvalue weighted by Crippen LogP contribution is -3.10. The third kappa shape index (κ3) is 2.70. The number of nitrogens with one attached hydrogen (secondary N) is 1. The Kier molecular flexibility index (Phi) is 4.42. The van der Waals surface area contributed by atoms with E-state index in [1.807, 2.05) is 25.2 Å². The summed E-state index contributed by atoms with van der Waals surface area (Å²) >= 11 is 0. The number of benzene rings is 2. The average molecular weight is 308 g/mol. The Morgan fingerprint density at radius 2 is 1.71 bits per heavy atom. The van der Waals surface area contributed by atoms with E-state index in [9.17, 15) is 15.3 Å². The molecule has 3 atom stereocenters. The Hall–Kier alpha value is -1.75. The van der Waals surface area contributed by atoms with Crippen molar-refractivity contribution in [1.29, 1.82) is 0 Å². The number of halogens is 1. The molecule has 5 heteroatoms. The fourth-order valence-electron chi connectivity index (χ4n) is 3.08. The second kappa shape index (κ2) is 5.93. The van der Waals surface area contributed by atoms with Crippen LogP contribution in [0.4, 0.5) is 0 Å². The van der Waals surface area contributed by atoms with Crippen LogP contribution in [-0.2, 0) is 0 Å². The van der Waals surface area contributed by atoms with Crippen LogP contribution in [0.5, 0.6) is 11.5 Å². The van der Waals surface area contributed by atoms with Gasteiger partial charge in [-0.1, -0.05) is 12.1 Å². The highest BCUT2D eigenvalue weighted by Crippen LogP contribution is 2.35. The van der Waals surface area contributed by atoms with Crippen LogP contribution in [0.15, 0.2) is 42.5 Å². The van der Waals surface area contributed by atoms with Crippen molar-refractivity contribution in [2.75, 3.05) is 13.6 Å². The molecule has 3 unspecified atom stereocenters. The minimum atomic E-state index is -0.598. The molecule has 0 spiro atoms. The van der Waals surface area contributed by atoms with Crippen LogP contribution in [0.1, 0.15) is 28.8 Å². The first-order chi connectivity index (χ1) is 9.58. The largest absolute Gasteiger partial charge is 1.00 e. The lowest BCUT2D eigenvalue weighted by molar-refractivity contribution is -0.912. The molecule has 0 aromatic heterocycles. The van der Waals surface area contributed by atoms with Gasteiger partial charge in [0.2, 0.25) is 0 Å². The predicted octanol–water partition coefficient (Wildman–Crippen LogP) is -2.25. The topological polar surface area (TPSA) is 65.1 Å². The van der Waals surface area contributed by atoms with Crippen LogP contribution in [0.2, 0.25) is 0 Å². The molecule has 112 valence electrons. The molecule has 4 nitrogen and oxygen atoms in total. The Morgan fingerprint density at radius 1 is 1.00 bits per heavy atom. The van der Waals surface area contributed by atoms with Gasteiger partial charge in [0.25, 0.3) is 0 Å². The van der Waals surface area contributed by atoms with E-state index in [1.54, 1.807) is 24.3 Å². The second-order valence-corrected chi connectivity index (χ2v) is 5.37. The van der Waals surface area contributed by atoms with E-state index in [4.69, 9.17) is 0 Å². The van der Waals surface area contributed by atoms with Gasteiger partial charge in [-0.15, -0.1) is 0 Å².